The molecule has 9 nitrogen and oxygen atoms in total. The molecule has 0 unspecified atom stereocenters. The lowest BCUT2D eigenvalue weighted by Gasteiger charge is -2.47. The van der Waals surface area contributed by atoms with Crippen LogP contribution in [-0.2, 0) is 11.2 Å². The monoisotopic (exact) mass is 662 g/mol. The number of fused-ring (bicyclic) bond motifs is 1. The van der Waals surface area contributed by atoms with Crippen molar-refractivity contribution in [3.05, 3.63) is 59.6 Å². The van der Waals surface area contributed by atoms with E-state index in [0.29, 0.717) is 52.2 Å². The van der Waals surface area contributed by atoms with Crippen LogP contribution in [0.3, 0.4) is 0 Å². The van der Waals surface area contributed by atoms with Gasteiger partial charge in [-0.05, 0) is 66.8 Å². The first-order chi connectivity index (χ1) is 22.3. The van der Waals surface area contributed by atoms with Gasteiger partial charge in [0.15, 0.2) is 16.6 Å². The SMILES string of the molecule is COc1cc2c(Nc3ncc(CC(=O)Nc4cccc(F)c4)s3)ncnc2cc1OCCCN1CCC[C@H]1C(C(C)(C)C)C(C)(C)C. The smallest absolute Gasteiger partial charge is 0.229 e. The minimum absolute atomic E-state index is 0.112. The zero-order chi connectivity index (χ0) is 33.8. The number of hydrogen-bond acceptors (Lipinski definition) is 9. The molecule has 4 aromatic rings. The Labute approximate surface area is 281 Å². The summed E-state index contributed by atoms with van der Waals surface area (Å²) in [6.07, 6.45) is 6.67. The first-order valence-corrected chi connectivity index (χ1v) is 17.1. The number of halogens is 1. The number of anilines is 3. The Hall–Kier alpha value is -3.83. The Bertz CT molecular complexity index is 1670. The number of thiazole rings is 1. The second kappa shape index (κ2) is 14.5. The number of methoxy groups -OCH3 is 1. The summed E-state index contributed by atoms with van der Waals surface area (Å²) in [6, 6.07) is 10.2. The normalized spacial score (nSPS) is 15.7. The van der Waals surface area contributed by atoms with Crippen molar-refractivity contribution in [1.29, 1.82) is 0 Å². The molecule has 2 N–H and O–H groups in total. The number of carbonyl (C=O) groups is 1. The van der Waals surface area contributed by atoms with Crippen LogP contribution < -0.4 is 20.1 Å². The van der Waals surface area contributed by atoms with Crippen LogP contribution >= 0.6 is 11.3 Å². The van der Waals surface area contributed by atoms with E-state index in [-0.39, 0.29) is 23.2 Å². The van der Waals surface area contributed by atoms with E-state index in [1.54, 1.807) is 25.4 Å². The van der Waals surface area contributed by atoms with Gasteiger partial charge in [0, 0.05) is 40.8 Å². The maximum absolute atomic E-state index is 13.5. The lowest BCUT2D eigenvalue weighted by molar-refractivity contribution is -0.115. The Morgan fingerprint density at radius 2 is 1.87 bits per heavy atom. The van der Waals surface area contributed by atoms with Crippen LogP contribution in [-0.4, -0.2) is 58.6 Å². The van der Waals surface area contributed by atoms with Crippen molar-refractivity contribution in [2.24, 2.45) is 16.7 Å². The number of carbonyl (C=O) groups excluding carboxylic acids is 1. The van der Waals surface area contributed by atoms with Gasteiger partial charge in [0.1, 0.15) is 18.0 Å². The largest absolute Gasteiger partial charge is 0.493 e. The van der Waals surface area contributed by atoms with Crippen molar-refractivity contribution in [3.63, 3.8) is 0 Å². The van der Waals surface area contributed by atoms with Gasteiger partial charge >= 0.3 is 0 Å². The van der Waals surface area contributed by atoms with E-state index in [1.807, 2.05) is 12.1 Å². The zero-order valence-corrected chi connectivity index (χ0v) is 29.3. The molecule has 252 valence electrons. The third kappa shape index (κ3) is 8.75. The number of benzene rings is 2. The average Bonchev–Trinajstić information content (AvgIpc) is 3.62. The number of aromatic nitrogens is 3. The molecule has 5 rings (SSSR count). The average molecular weight is 663 g/mol. The Kier molecular flexibility index (Phi) is 10.7. The van der Waals surface area contributed by atoms with Gasteiger partial charge in [0.25, 0.3) is 0 Å². The molecule has 0 bridgehead atoms. The van der Waals surface area contributed by atoms with Crippen LogP contribution in [0.4, 0.5) is 21.0 Å². The van der Waals surface area contributed by atoms with Crippen molar-refractivity contribution in [2.45, 2.75) is 73.3 Å². The molecule has 2 aromatic carbocycles. The van der Waals surface area contributed by atoms with E-state index in [0.717, 1.165) is 29.8 Å². The molecule has 1 aliphatic heterocycles. The molecular formula is C36H47FN6O3S. The van der Waals surface area contributed by atoms with Gasteiger partial charge in [0.05, 0.1) is 25.7 Å². The molecular weight excluding hydrogens is 616 g/mol. The predicted octanol–water partition coefficient (Wildman–Crippen LogP) is 8.10. The summed E-state index contributed by atoms with van der Waals surface area (Å²) in [5.41, 5.74) is 1.59. The fourth-order valence-electron chi connectivity index (χ4n) is 7.32. The number of nitrogens with one attached hydrogen (secondary N) is 2. The predicted molar refractivity (Wildman–Crippen MR) is 187 cm³/mol. The molecule has 47 heavy (non-hydrogen) atoms. The first-order valence-electron chi connectivity index (χ1n) is 16.3. The van der Waals surface area contributed by atoms with Gasteiger partial charge in [0.2, 0.25) is 5.91 Å². The van der Waals surface area contributed by atoms with Gasteiger partial charge in [-0.3, -0.25) is 9.69 Å². The summed E-state index contributed by atoms with van der Waals surface area (Å²) in [6.45, 7) is 17.0. The van der Waals surface area contributed by atoms with E-state index in [1.165, 1.54) is 42.6 Å². The summed E-state index contributed by atoms with van der Waals surface area (Å²) in [5, 5.41) is 7.31. The lowest BCUT2D eigenvalue weighted by Crippen LogP contribution is -2.48. The van der Waals surface area contributed by atoms with Crippen LogP contribution in [0.5, 0.6) is 11.5 Å². The number of amides is 1. The minimum Gasteiger partial charge on any atom is -0.493 e. The van der Waals surface area contributed by atoms with E-state index >= 15 is 0 Å². The van der Waals surface area contributed by atoms with Crippen LogP contribution in [0.15, 0.2) is 48.9 Å². The summed E-state index contributed by atoms with van der Waals surface area (Å²) in [5.74, 6) is 1.75. The van der Waals surface area contributed by atoms with Crippen molar-refractivity contribution in [3.8, 4) is 11.5 Å². The fourth-order valence-corrected chi connectivity index (χ4v) is 8.13. The Balaban J connectivity index is 1.21. The molecule has 1 fully saturated rings. The number of ether oxygens (including phenoxy) is 2. The first kappa shape index (κ1) is 34.5. The van der Waals surface area contributed by atoms with Crippen molar-refractivity contribution < 1.29 is 18.7 Å². The molecule has 0 saturated carbocycles. The van der Waals surface area contributed by atoms with Gasteiger partial charge < -0.3 is 20.1 Å². The highest BCUT2D eigenvalue weighted by Crippen LogP contribution is 2.46. The van der Waals surface area contributed by atoms with Crippen LogP contribution in [0.1, 0.15) is 65.7 Å². The van der Waals surface area contributed by atoms with E-state index in [2.05, 4.69) is 72.0 Å². The zero-order valence-electron chi connectivity index (χ0n) is 28.5. The highest BCUT2D eigenvalue weighted by molar-refractivity contribution is 7.15. The van der Waals surface area contributed by atoms with E-state index in [9.17, 15) is 9.18 Å². The highest BCUT2D eigenvalue weighted by Gasteiger charge is 2.44. The quantitative estimate of drug-likeness (QED) is 0.147. The number of likely N-dealkylation sites (tertiary alicyclic amines) is 1. The van der Waals surface area contributed by atoms with Gasteiger partial charge in [-0.1, -0.05) is 47.6 Å². The number of rotatable bonds is 12. The Morgan fingerprint density at radius 3 is 2.60 bits per heavy atom. The molecule has 1 saturated heterocycles. The van der Waals surface area contributed by atoms with Gasteiger partial charge in [-0.15, -0.1) is 11.3 Å². The summed E-state index contributed by atoms with van der Waals surface area (Å²) < 4.78 is 25.4. The maximum atomic E-state index is 13.5. The molecule has 11 heteroatoms. The third-order valence-corrected chi connectivity index (χ3v) is 9.57. The molecule has 0 spiro atoms. The molecule has 2 aromatic heterocycles. The standard InChI is InChI=1S/C36H47FN6O3S/c1-35(2,3)32(36(4,5)6)28-13-9-14-43(28)15-10-16-46-30-20-27-26(19-29(30)45-7)33(40-22-39-27)42-34-38-21-25(47-34)18-31(44)41-24-12-8-11-23(37)17-24/h8,11-12,17,19-22,28,32H,9-10,13-16,18H2,1-7H3,(H,41,44)(H,38,39,40,42)/t28-/m0/s1. The number of nitrogens with zero attached hydrogens (tertiary/aromatic N) is 4. The Morgan fingerprint density at radius 1 is 1.09 bits per heavy atom. The molecule has 1 amide bonds. The molecule has 1 aliphatic rings. The number of hydrogen-bond donors (Lipinski definition) is 2. The molecule has 0 aliphatic carbocycles. The van der Waals surface area contributed by atoms with Gasteiger partial charge in [-0.2, -0.15) is 0 Å². The summed E-state index contributed by atoms with van der Waals surface area (Å²) in [4.78, 5) is 29.3. The van der Waals surface area contributed by atoms with Gasteiger partial charge in [-0.25, -0.2) is 19.3 Å². The highest BCUT2D eigenvalue weighted by atomic mass is 32.1. The lowest BCUT2D eigenvalue weighted by atomic mass is 9.63. The van der Waals surface area contributed by atoms with Crippen molar-refractivity contribution >= 4 is 44.8 Å². The second-order valence-corrected chi connectivity index (χ2v) is 15.5. The van der Waals surface area contributed by atoms with E-state index < -0.39 is 5.82 Å². The summed E-state index contributed by atoms with van der Waals surface area (Å²) >= 11 is 1.34. The van der Waals surface area contributed by atoms with Crippen LogP contribution in [0.25, 0.3) is 10.9 Å². The molecule has 0 radical (unpaired) electrons. The summed E-state index contributed by atoms with van der Waals surface area (Å²) in [7, 11) is 1.63. The van der Waals surface area contributed by atoms with Crippen molar-refractivity contribution in [2.75, 3.05) is 37.4 Å². The van der Waals surface area contributed by atoms with Crippen LogP contribution in [0.2, 0.25) is 0 Å². The maximum Gasteiger partial charge on any atom is 0.229 e. The van der Waals surface area contributed by atoms with E-state index in [4.69, 9.17) is 9.47 Å². The minimum atomic E-state index is -0.406. The fraction of sp³-hybridized carbons (Fsp3) is 0.500. The second-order valence-electron chi connectivity index (χ2n) is 14.4. The third-order valence-electron chi connectivity index (χ3n) is 8.66. The topological polar surface area (TPSA) is 102 Å². The van der Waals surface area contributed by atoms with Crippen molar-refractivity contribution in [1.82, 2.24) is 19.9 Å². The molecule has 1 atom stereocenters. The molecule has 3 heterocycles. The van der Waals surface area contributed by atoms with Crippen LogP contribution in [0, 0.1) is 22.6 Å².